The molecule has 2 aromatic heterocycles. The summed E-state index contributed by atoms with van der Waals surface area (Å²) in [5, 5.41) is 10.1. The van der Waals surface area contributed by atoms with Crippen molar-refractivity contribution < 1.29 is 14.2 Å². The summed E-state index contributed by atoms with van der Waals surface area (Å²) in [4.78, 5) is 8.67. The normalized spacial score (nSPS) is 12.3. The van der Waals surface area contributed by atoms with E-state index in [0.717, 1.165) is 27.7 Å². The van der Waals surface area contributed by atoms with Gasteiger partial charge in [-0.2, -0.15) is 0 Å². The lowest BCUT2D eigenvalue weighted by Gasteiger charge is -2.10. The summed E-state index contributed by atoms with van der Waals surface area (Å²) in [7, 11) is 0. The highest BCUT2D eigenvalue weighted by Crippen LogP contribution is 2.25. The van der Waals surface area contributed by atoms with E-state index in [1.807, 2.05) is 49.5 Å². The number of halogens is 1. The Hall–Kier alpha value is -2.53. The van der Waals surface area contributed by atoms with Crippen LogP contribution < -0.4 is 4.74 Å². The zero-order valence-corrected chi connectivity index (χ0v) is 12.7. The van der Waals surface area contributed by atoms with E-state index >= 15 is 0 Å². The molecule has 0 saturated carbocycles. The number of aryl methyl sites for hydroxylation is 1. The highest BCUT2D eigenvalue weighted by atomic mass is 19.1. The summed E-state index contributed by atoms with van der Waals surface area (Å²) in [6.45, 7) is 1.04. The van der Waals surface area contributed by atoms with Crippen LogP contribution in [0.1, 0.15) is 5.69 Å². The van der Waals surface area contributed by atoms with Crippen molar-refractivity contribution >= 4 is 10.9 Å². The number of nitrogens with zero attached hydrogens (tertiary/aromatic N) is 2. The lowest BCUT2D eigenvalue weighted by Crippen LogP contribution is -2.19. The Kier molecular flexibility index (Phi) is 4.48. The van der Waals surface area contributed by atoms with Crippen molar-refractivity contribution in [3.05, 3.63) is 54.5 Å². The quantitative estimate of drug-likeness (QED) is 0.785. The van der Waals surface area contributed by atoms with E-state index in [1.165, 1.54) is 0 Å². The molecule has 5 heteroatoms. The first-order valence-electron chi connectivity index (χ1n) is 7.35. The summed E-state index contributed by atoms with van der Waals surface area (Å²) < 4.78 is 17.6. The number of benzene rings is 1. The second kappa shape index (κ2) is 6.71. The Balaban J connectivity index is 1.85. The molecule has 0 fully saturated rings. The molecule has 0 aliphatic heterocycles. The minimum absolute atomic E-state index is 0.0865. The maximum Gasteiger partial charge on any atom is 0.138 e. The molecular weight excluding hydrogens is 295 g/mol. The zero-order valence-electron chi connectivity index (χ0n) is 12.7. The van der Waals surface area contributed by atoms with E-state index in [1.54, 1.807) is 6.20 Å². The molecule has 0 bridgehead atoms. The molecular formula is C18H17FN2O2. The fourth-order valence-corrected chi connectivity index (χ4v) is 2.24. The standard InChI is InChI=1S/C18H17FN2O2/c1-12-2-3-15(9-20-12)13-4-5-14-6-17(10-21-18(14)7-13)23-11-16(22)8-19/h2-7,9-10,16,22H,8,11H2,1H3. The molecule has 0 aliphatic carbocycles. The zero-order chi connectivity index (χ0) is 16.2. The summed E-state index contributed by atoms with van der Waals surface area (Å²) in [6, 6.07) is 11.8. The molecule has 3 rings (SSSR count). The Morgan fingerprint density at radius 2 is 1.91 bits per heavy atom. The van der Waals surface area contributed by atoms with E-state index in [4.69, 9.17) is 4.74 Å². The average Bonchev–Trinajstić information content (AvgIpc) is 2.59. The van der Waals surface area contributed by atoms with Gasteiger partial charge in [0.05, 0.1) is 11.7 Å². The van der Waals surface area contributed by atoms with E-state index < -0.39 is 12.8 Å². The monoisotopic (exact) mass is 312 g/mol. The largest absolute Gasteiger partial charge is 0.489 e. The smallest absolute Gasteiger partial charge is 0.138 e. The average molecular weight is 312 g/mol. The highest BCUT2D eigenvalue weighted by molar-refractivity contribution is 5.84. The second-order valence-corrected chi connectivity index (χ2v) is 5.39. The van der Waals surface area contributed by atoms with Crippen LogP contribution >= 0.6 is 0 Å². The Morgan fingerprint density at radius 1 is 1.09 bits per heavy atom. The maximum atomic E-state index is 12.2. The van der Waals surface area contributed by atoms with Gasteiger partial charge in [0.2, 0.25) is 0 Å². The van der Waals surface area contributed by atoms with Gasteiger partial charge in [-0.25, -0.2) is 4.39 Å². The van der Waals surface area contributed by atoms with Gasteiger partial charge in [0.15, 0.2) is 0 Å². The summed E-state index contributed by atoms with van der Waals surface area (Å²) >= 11 is 0. The molecule has 0 aliphatic rings. The first-order chi connectivity index (χ1) is 11.2. The van der Waals surface area contributed by atoms with Crippen LogP contribution in [0.5, 0.6) is 5.75 Å². The minimum Gasteiger partial charge on any atom is -0.489 e. The van der Waals surface area contributed by atoms with Crippen LogP contribution in [0.4, 0.5) is 4.39 Å². The molecule has 4 nitrogen and oxygen atoms in total. The molecule has 3 aromatic rings. The molecule has 1 aromatic carbocycles. The lowest BCUT2D eigenvalue weighted by atomic mass is 10.1. The SMILES string of the molecule is Cc1ccc(-c2ccc3cc(OCC(O)CF)cnc3c2)cn1. The topological polar surface area (TPSA) is 55.2 Å². The first-order valence-corrected chi connectivity index (χ1v) is 7.35. The molecule has 0 spiro atoms. The van der Waals surface area contributed by atoms with Crippen LogP contribution in [0.25, 0.3) is 22.0 Å². The van der Waals surface area contributed by atoms with E-state index in [2.05, 4.69) is 9.97 Å². The molecule has 118 valence electrons. The summed E-state index contributed by atoms with van der Waals surface area (Å²) in [6.07, 6.45) is 2.30. The number of alkyl halides is 1. The summed E-state index contributed by atoms with van der Waals surface area (Å²) in [5.41, 5.74) is 3.89. The second-order valence-electron chi connectivity index (χ2n) is 5.39. The van der Waals surface area contributed by atoms with Gasteiger partial charge in [0.25, 0.3) is 0 Å². The van der Waals surface area contributed by atoms with Crippen LogP contribution in [0.3, 0.4) is 0 Å². The Labute approximate surface area is 133 Å². The van der Waals surface area contributed by atoms with Gasteiger partial charge < -0.3 is 9.84 Å². The number of aromatic nitrogens is 2. The van der Waals surface area contributed by atoms with Crippen molar-refractivity contribution in [3.63, 3.8) is 0 Å². The van der Waals surface area contributed by atoms with Crippen molar-refractivity contribution in [1.82, 2.24) is 9.97 Å². The van der Waals surface area contributed by atoms with Crippen molar-refractivity contribution in [2.45, 2.75) is 13.0 Å². The predicted octanol–water partition coefficient (Wildman–Crippen LogP) is 3.31. The third-order valence-electron chi connectivity index (χ3n) is 3.52. The molecule has 1 N–H and O–H groups in total. The number of pyridine rings is 2. The molecule has 0 radical (unpaired) electrons. The molecule has 1 unspecified atom stereocenters. The van der Waals surface area contributed by atoms with Crippen LogP contribution in [0.2, 0.25) is 0 Å². The van der Waals surface area contributed by atoms with Crippen molar-refractivity contribution in [1.29, 1.82) is 0 Å². The molecule has 2 heterocycles. The van der Waals surface area contributed by atoms with E-state index in [9.17, 15) is 9.50 Å². The third-order valence-corrected chi connectivity index (χ3v) is 3.52. The number of hydrogen-bond donors (Lipinski definition) is 1. The summed E-state index contributed by atoms with van der Waals surface area (Å²) in [5.74, 6) is 0.509. The van der Waals surface area contributed by atoms with Gasteiger partial charge in [0, 0.05) is 22.8 Å². The minimum atomic E-state index is -1.11. The molecule has 23 heavy (non-hydrogen) atoms. The molecule has 1 atom stereocenters. The van der Waals surface area contributed by atoms with Gasteiger partial charge in [-0.05, 0) is 30.7 Å². The van der Waals surface area contributed by atoms with Gasteiger partial charge in [-0.1, -0.05) is 18.2 Å². The number of aliphatic hydroxyl groups is 1. The van der Waals surface area contributed by atoms with E-state index in [-0.39, 0.29) is 6.61 Å². The van der Waals surface area contributed by atoms with Crippen molar-refractivity contribution in [3.8, 4) is 16.9 Å². The van der Waals surface area contributed by atoms with Crippen molar-refractivity contribution in [2.24, 2.45) is 0 Å². The molecule has 0 amide bonds. The Bertz CT molecular complexity index is 806. The maximum absolute atomic E-state index is 12.2. The number of aliphatic hydroxyl groups excluding tert-OH is 1. The predicted molar refractivity (Wildman–Crippen MR) is 87.2 cm³/mol. The van der Waals surface area contributed by atoms with Crippen molar-refractivity contribution in [2.75, 3.05) is 13.3 Å². The number of hydrogen-bond acceptors (Lipinski definition) is 4. The highest BCUT2D eigenvalue weighted by Gasteiger charge is 2.06. The fourth-order valence-electron chi connectivity index (χ4n) is 2.24. The molecule has 0 saturated heterocycles. The van der Waals surface area contributed by atoms with Crippen LogP contribution in [0, 0.1) is 6.92 Å². The van der Waals surface area contributed by atoms with Gasteiger partial charge in [-0.15, -0.1) is 0 Å². The van der Waals surface area contributed by atoms with Gasteiger partial charge in [0.1, 0.15) is 25.1 Å². The van der Waals surface area contributed by atoms with Gasteiger partial charge >= 0.3 is 0 Å². The van der Waals surface area contributed by atoms with Crippen LogP contribution in [-0.4, -0.2) is 34.5 Å². The van der Waals surface area contributed by atoms with E-state index in [0.29, 0.717) is 5.75 Å². The first kappa shape index (κ1) is 15.4. The number of rotatable bonds is 5. The van der Waals surface area contributed by atoms with Crippen LogP contribution in [-0.2, 0) is 0 Å². The third kappa shape index (κ3) is 3.63. The Morgan fingerprint density at radius 3 is 2.65 bits per heavy atom. The number of fused-ring (bicyclic) bond motifs is 1. The van der Waals surface area contributed by atoms with Gasteiger partial charge in [-0.3, -0.25) is 9.97 Å². The lowest BCUT2D eigenvalue weighted by molar-refractivity contribution is 0.0841. The number of ether oxygens (including phenoxy) is 1. The van der Waals surface area contributed by atoms with Crippen LogP contribution in [0.15, 0.2) is 48.8 Å². The fraction of sp³-hybridized carbons (Fsp3) is 0.222.